The van der Waals surface area contributed by atoms with Gasteiger partial charge >= 0.3 is 0 Å². The Balaban J connectivity index is 0.000000353. The second kappa shape index (κ2) is 9.90. The number of nitrogens with one attached hydrogen (secondary N) is 2. The molecule has 1 fully saturated rings. The van der Waals surface area contributed by atoms with Crippen molar-refractivity contribution in [2.75, 3.05) is 14.1 Å². The lowest BCUT2D eigenvalue weighted by molar-refractivity contribution is 0.0929. The molecular formula is C19H24N8OS. The molecule has 1 aliphatic rings. The van der Waals surface area contributed by atoms with E-state index in [9.17, 15) is 4.79 Å². The maximum absolute atomic E-state index is 12.6. The van der Waals surface area contributed by atoms with Gasteiger partial charge in [-0.05, 0) is 35.6 Å². The topological polar surface area (TPSA) is 123 Å². The van der Waals surface area contributed by atoms with E-state index in [1.54, 1.807) is 37.7 Å². The molecule has 1 amide bonds. The van der Waals surface area contributed by atoms with E-state index < -0.39 is 0 Å². The highest BCUT2D eigenvalue weighted by Crippen LogP contribution is 2.25. The molecule has 0 aliphatic heterocycles. The Morgan fingerprint density at radius 1 is 1.34 bits per heavy atom. The third kappa shape index (κ3) is 5.46. The van der Waals surface area contributed by atoms with Crippen molar-refractivity contribution < 1.29 is 4.79 Å². The summed E-state index contributed by atoms with van der Waals surface area (Å²) in [5, 5.41) is 9.69. The molecule has 0 bridgehead atoms. The molecule has 3 aromatic heterocycles. The largest absolute Gasteiger partial charge is 0.349 e. The molecule has 3 heterocycles. The first-order valence-corrected chi connectivity index (χ1v) is 10.4. The lowest BCUT2D eigenvalue weighted by Crippen LogP contribution is -2.36. The summed E-state index contributed by atoms with van der Waals surface area (Å²) in [6.45, 7) is 0. The first-order valence-electron chi connectivity index (χ1n) is 9.50. The van der Waals surface area contributed by atoms with E-state index in [2.05, 4.69) is 30.4 Å². The summed E-state index contributed by atoms with van der Waals surface area (Å²) in [7, 11) is 3.33. The predicted molar refractivity (Wildman–Crippen MR) is 114 cm³/mol. The van der Waals surface area contributed by atoms with Gasteiger partial charge in [0.1, 0.15) is 0 Å². The molecule has 1 aliphatic carbocycles. The second-order valence-corrected chi connectivity index (χ2v) is 7.90. The fourth-order valence-corrected chi connectivity index (χ4v) is 3.89. The molecule has 0 spiro atoms. The Hall–Kier alpha value is -3.10. The van der Waals surface area contributed by atoms with Crippen LogP contribution in [0.2, 0.25) is 0 Å². The van der Waals surface area contributed by atoms with Gasteiger partial charge in [0, 0.05) is 12.2 Å². The Morgan fingerprint density at radius 3 is 2.76 bits per heavy atom. The summed E-state index contributed by atoms with van der Waals surface area (Å²) in [6, 6.07) is 6.04. The Morgan fingerprint density at radius 2 is 2.14 bits per heavy atom. The highest BCUT2D eigenvalue weighted by Gasteiger charge is 2.20. The van der Waals surface area contributed by atoms with Crippen molar-refractivity contribution >= 4 is 28.4 Å². The fraction of sp³-hybridized carbons (Fsp3) is 0.421. The number of hydrogen-bond acceptors (Lipinski definition) is 5. The van der Waals surface area contributed by atoms with Crippen molar-refractivity contribution in [2.24, 2.45) is 5.22 Å². The van der Waals surface area contributed by atoms with Crippen LogP contribution in [0, 0.1) is 0 Å². The van der Waals surface area contributed by atoms with Crippen LogP contribution >= 0.6 is 11.3 Å². The molecule has 0 unspecified atom stereocenters. The Bertz CT molecular complexity index is 985. The number of imidazole rings is 1. The SMILES string of the molecule is CN(C)N=[N+]=[N-].O=C(NC1CCCCC1)c1ccnc2nc(-c3cccs3)[nH]c12. The lowest BCUT2D eigenvalue weighted by atomic mass is 9.95. The number of pyridine rings is 1. The predicted octanol–water partition coefficient (Wildman–Crippen LogP) is 4.52. The van der Waals surface area contributed by atoms with E-state index in [-0.39, 0.29) is 5.91 Å². The number of nitrogens with zero attached hydrogens (tertiary/aromatic N) is 6. The number of azide groups is 1. The summed E-state index contributed by atoms with van der Waals surface area (Å²) < 4.78 is 0. The minimum atomic E-state index is -0.0364. The molecule has 4 rings (SSSR count). The van der Waals surface area contributed by atoms with Gasteiger partial charge in [-0.15, -0.1) is 16.9 Å². The zero-order valence-corrected chi connectivity index (χ0v) is 17.3. The molecule has 0 atom stereocenters. The minimum absolute atomic E-state index is 0.0364. The first kappa shape index (κ1) is 20.6. The second-order valence-electron chi connectivity index (χ2n) is 6.95. The summed E-state index contributed by atoms with van der Waals surface area (Å²) in [5.74, 6) is 0.728. The highest BCUT2D eigenvalue weighted by atomic mass is 32.1. The first-order chi connectivity index (χ1) is 14.1. The van der Waals surface area contributed by atoms with Crippen molar-refractivity contribution in [3.63, 3.8) is 0 Å². The molecule has 2 N–H and O–H groups in total. The number of carbonyl (C=O) groups is 1. The van der Waals surface area contributed by atoms with Crippen molar-refractivity contribution in [1.82, 2.24) is 25.3 Å². The molecule has 0 aromatic carbocycles. The van der Waals surface area contributed by atoms with Crippen LogP contribution < -0.4 is 5.32 Å². The average Bonchev–Trinajstić information content (AvgIpc) is 3.38. The number of aromatic nitrogens is 3. The molecule has 0 saturated heterocycles. The van der Waals surface area contributed by atoms with Crippen LogP contribution in [-0.4, -0.2) is 46.0 Å². The van der Waals surface area contributed by atoms with Crippen molar-refractivity contribution in [1.29, 1.82) is 0 Å². The number of aromatic amines is 1. The lowest BCUT2D eigenvalue weighted by Gasteiger charge is -2.22. The van der Waals surface area contributed by atoms with Crippen LogP contribution in [-0.2, 0) is 0 Å². The molecule has 9 nitrogen and oxygen atoms in total. The number of rotatable bonds is 4. The van der Waals surface area contributed by atoms with E-state index in [1.165, 1.54) is 24.3 Å². The summed E-state index contributed by atoms with van der Waals surface area (Å²) in [5.41, 5.74) is 9.57. The van der Waals surface area contributed by atoms with Crippen LogP contribution in [0.15, 0.2) is 35.0 Å². The van der Waals surface area contributed by atoms with Crippen LogP contribution in [0.5, 0.6) is 0 Å². The number of carbonyl (C=O) groups excluding carboxylic acids is 1. The zero-order chi connectivity index (χ0) is 20.6. The van der Waals surface area contributed by atoms with Gasteiger partial charge in [0.25, 0.3) is 5.91 Å². The summed E-state index contributed by atoms with van der Waals surface area (Å²) in [6.07, 6.45) is 7.47. The Kier molecular flexibility index (Phi) is 7.04. The number of H-pyrrole nitrogens is 1. The number of fused-ring (bicyclic) bond motifs is 1. The zero-order valence-electron chi connectivity index (χ0n) is 16.5. The van der Waals surface area contributed by atoms with Crippen molar-refractivity contribution in [2.45, 2.75) is 38.1 Å². The maximum Gasteiger partial charge on any atom is 0.253 e. The highest BCUT2D eigenvalue weighted by molar-refractivity contribution is 7.13. The molecule has 29 heavy (non-hydrogen) atoms. The molecular weight excluding hydrogens is 388 g/mol. The Labute approximate surface area is 172 Å². The van der Waals surface area contributed by atoms with E-state index in [4.69, 9.17) is 5.53 Å². The van der Waals surface area contributed by atoms with Crippen molar-refractivity contribution in [3.8, 4) is 10.7 Å². The number of amides is 1. The standard InChI is InChI=1S/C17H18N4OS.C2H6N4/c22-17(19-11-5-2-1-3-6-11)12-8-9-18-16-14(12)20-15(21-16)13-7-4-10-23-13;1-6(2)5-4-3/h4,7-11H,1-3,5-6H2,(H,19,22)(H,18,20,21);1-2H3. The summed E-state index contributed by atoms with van der Waals surface area (Å²) >= 11 is 1.61. The van der Waals surface area contributed by atoms with Gasteiger partial charge in [0.05, 0.1) is 30.1 Å². The molecule has 3 aromatic rings. The third-order valence-electron chi connectivity index (χ3n) is 4.55. The fourth-order valence-electron chi connectivity index (χ4n) is 3.22. The van der Waals surface area contributed by atoms with Gasteiger partial charge in [-0.25, -0.2) is 9.97 Å². The van der Waals surface area contributed by atoms with Crippen LogP contribution in [0.25, 0.3) is 32.3 Å². The maximum atomic E-state index is 12.6. The van der Waals surface area contributed by atoms with Crippen LogP contribution in [0.4, 0.5) is 0 Å². The van der Waals surface area contributed by atoms with Crippen molar-refractivity contribution in [3.05, 3.63) is 45.8 Å². The van der Waals surface area contributed by atoms with Gasteiger partial charge < -0.3 is 10.3 Å². The number of hydrogen-bond donors (Lipinski definition) is 2. The van der Waals surface area contributed by atoms with Crippen LogP contribution in [0.1, 0.15) is 42.5 Å². The third-order valence-corrected chi connectivity index (χ3v) is 5.43. The van der Waals surface area contributed by atoms with E-state index in [1.807, 2.05) is 17.5 Å². The normalized spacial score (nSPS) is 13.9. The smallest absolute Gasteiger partial charge is 0.253 e. The minimum Gasteiger partial charge on any atom is -0.349 e. The van der Waals surface area contributed by atoms with Gasteiger partial charge in [-0.3, -0.25) is 9.80 Å². The average molecular weight is 413 g/mol. The van der Waals surface area contributed by atoms with Gasteiger partial charge in [-0.1, -0.05) is 25.3 Å². The van der Waals surface area contributed by atoms with Gasteiger partial charge in [-0.2, -0.15) is 4.91 Å². The molecule has 10 heteroatoms. The quantitative estimate of drug-likeness (QED) is 0.283. The van der Waals surface area contributed by atoms with Gasteiger partial charge in [0.15, 0.2) is 11.5 Å². The monoisotopic (exact) mass is 412 g/mol. The molecule has 1 saturated carbocycles. The summed E-state index contributed by atoms with van der Waals surface area (Å²) in [4.78, 5) is 28.2. The van der Waals surface area contributed by atoms with Crippen LogP contribution in [0.3, 0.4) is 0 Å². The van der Waals surface area contributed by atoms with E-state index in [0.29, 0.717) is 22.8 Å². The number of thiophene rings is 1. The van der Waals surface area contributed by atoms with E-state index in [0.717, 1.165) is 23.5 Å². The molecule has 0 radical (unpaired) electrons. The van der Waals surface area contributed by atoms with Gasteiger partial charge in [0.2, 0.25) is 0 Å². The van der Waals surface area contributed by atoms with E-state index >= 15 is 0 Å². The molecule has 152 valence electrons.